The molecule has 0 aromatic heterocycles. The van der Waals surface area contributed by atoms with E-state index >= 15 is 0 Å². The van der Waals surface area contributed by atoms with E-state index in [2.05, 4.69) is 26.8 Å². The van der Waals surface area contributed by atoms with Crippen LogP contribution >= 0.6 is 0 Å². The van der Waals surface area contributed by atoms with Crippen molar-refractivity contribution < 1.29 is 9.84 Å². The zero-order chi connectivity index (χ0) is 17.7. The van der Waals surface area contributed by atoms with Crippen molar-refractivity contribution in [1.29, 1.82) is 0 Å². The molecule has 1 rings (SSSR count). The topological polar surface area (TPSA) is 29.5 Å². The van der Waals surface area contributed by atoms with Gasteiger partial charge in [-0.2, -0.15) is 0 Å². The number of unbranched alkanes of at least 4 members (excludes halogenated alkanes) is 3. The molecule has 0 aliphatic carbocycles. The normalized spacial score (nSPS) is 11.8. The standard InChI is InChI=1S/C9H11O2.3C4H9.Sn/c1-11-7-9-5-3-2-4-8(9)6-10;3*1-3-4-2;/h2-5,10H,1,6-7H2;3*1,3-4H2,2H3;. The van der Waals surface area contributed by atoms with Gasteiger partial charge in [0.2, 0.25) is 0 Å². The summed E-state index contributed by atoms with van der Waals surface area (Å²) in [6.07, 6.45) is 8.10. The molecule has 1 aromatic rings. The molecule has 3 heteroatoms. The number of aliphatic hydroxyl groups excluding tert-OH is 1. The minimum atomic E-state index is -2.18. The predicted molar refractivity (Wildman–Crippen MR) is 107 cm³/mol. The van der Waals surface area contributed by atoms with Crippen LogP contribution in [0.5, 0.6) is 0 Å². The second-order valence-electron chi connectivity index (χ2n) is 7.23. The number of hydrogen-bond donors (Lipinski definition) is 1. The summed E-state index contributed by atoms with van der Waals surface area (Å²) in [5, 5.41) is 9.48. The number of benzene rings is 1. The molecule has 0 amide bonds. The summed E-state index contributed by atoms with van der Waals surface area (Å²) < 4.78 is 11.8. The Labute approximate surface area is 153 Å². The van der Waals surface area contributed by atoms with E-state index in [0.717, 1.165) is 15.7 Å². The Kier molecular flexibility index (Phi) is 12.1. The van der Waals surface area contributed by atoms with Crippen molar-refractivity contribution in [3.05, 3.63) is 35.4 Å². The van der Waals surface area contributed by atoms with Crippen LogP contribution in [0.25, 0.3) is 0 Å². The van der Waals surface area contributed by atoms with Gasteiger partial charge in [-0.05, 0) is 0 Å². The number of hydrogen-bond acceptors (Lipinski definition) is 2. The van der Waals surface area contributed by atoms with Gasteiger partial charge in [-0.15, -0.1) is 0 Å². The molecule has 0 aliphatic rings. The van der Waals surface area contributed by atoms with E-state index in [9.17, 15) is 5.11 Å². The average molecular weight is 441 g/mol. The van der Waals surface area contributed by atoms with Gasteiger partial charge in [0.15, 0.2) is 0 Å². The Bertz CT molecular complexity index is 412. The molecule has 1 N–H and O–H groups in total. The molecular weight excluding hydrogens is 403 g/mol. The third-order valence-corrected chi connectivity index (χ3v) is 19.6. The molecule has 0 heterocycles. The number of rotatable bonds is 14. The SMILES string of the molecule is CCC[CH2][Sn]([CH2]CCC)([CH2]CCC)[CH2]OCc1ccccc1CO. The van der Waals surface area contributed by atoms with Crippen molar-refractivity contribution in [3.63, 3.8) is 0 Å². The summed E-state index contributed by atoms with van der Waals surface area (Å²) in [4.78, 5) is 0. The predicted octanol–water partition coefficient (Wildman–Crippen LogP) is 6.08. The first-order valence-electron chi connectivity index (χ1n) is 9.96. The first kappa shape index (κ1) is 22.0. The van der Waals surface area contributed by atoms with E-state index in [1.165, 1.54) is 51.8 Å². The average Bonchev–Trinajstić information content (AvgIpc) is 2.63. The van der Waals surface area contributed by atoms with Crippen LogP contribution in [0.1, 0.15) is 70.4 Å². The molecule has 0 aliphatic heterocycles. The molecule has 0 radical (unpaired) electrons. The van der Waals surface area contributed by atoms with Crippen LogP contribution in [0.4, 0.5) is 0 Å². The van der Waals surface area contributed by atoms with Crippen molar-refractivity contribution in [3.8, 4) is 0 Å². The Morgan fingerprint density at radius 1 is 0.833 bits per heavy atom. The molecule has 0 atom stereocenters. The van der Waals surface area contributed by atoms with Crippen LogP contribution < -0.4 is 0 Å². The summed E-state index contributed by atoms with van der Waals surface area (Å²) in [5.41, 5.74) is 2.16. The summed E-state index contributed by atoms with van der Waals surface area (Å²) >= 11 is -2.18. The third kappa shape index (κ3) is 7.88. The fourth-order valence-corrected chi connectivity index (χ4v) is 17.8. The van der Waals surface area contributed by atoms with Crippen LogP contribution in [-0.4, -0.2) is 28.1 Å². The summed E-state index contributed by atoms with van der Waals surface area (Å²) in [6.45, 7) is 7.72. The van der Waals surface area contributed by atoms with Crippen LogP contribution in [0.15, 0.2) is 24.3 Å². The molecule has 0 saturated carbocycles. The molecule has 2 nitrogen and oxygen atoms in total. The summed E-state index contributed by atoms with van der Waals surface area (Å²) in [5.74, 6) is 0. The zero-order valence-electron chi connectivity index (χ0n) is 16.2. The first-order chi connectivity index (χ1) is 11.7. The molecule has 0 unspecified atom stereocenters. The number of aliphatic hydroxyl groups is 1. The summed E-state index contributed by atoms with van der Waals surface area (Å²) in [7, 11) is 0. The van der Waals surface area contributed by atoms with Gasteiger partial charge in [-0.25, -0.2) is 0 Å². The monoisotopic (exact) mass is 442 g/mol. The maximum absolute atomic E-state index is 9.48. The van der Waals surface area contributed by atoms with Gasteiger partial charge in [0.05, 0.1) is 0 Å². The van der Waals surface area contributed by atoms with Crippen molar-refractivity contribution >= 4 is 18.4 Å². The van der Waals surface area contributed by atoms with E-state index in [-0.39, 0.29) is 6.61 Å². The van der Waals surface area contributed by atoms with E-state index in [4.69, 9.17) is 4.74 Å². The second-order valence-corrected chi connectivity index (χ2v) is 20.9. The van der Waals surface area contributed by atoms with Crippen molar-refractivity contribution in [2.45, 2.75) is 85.8 Å². The van der Waals surface area contributed by atoms with E-state index in [1.807, 2.05) is 18.2 Å². The van der Waals surface area contributed by atoms with Gasteiger partial charge in [-0.3, -0.25) is 0 Å². The molecule has 0 spiro atoms. The molecule has 0 saturated heterocycles. The fourth-order valence-electron chi connectivity index (χ4n) is 3.48. The molecular formula is C21H38O2Sn. The molecule has 138 valence electrons. The Morgan fingerprint density at radius 3 is 1.79 bits per heavy atom. The van der Waals surface area contributed by atoms with E-state index in [1.54, 1.807) is 0 Å². The van der Waals surface area contributed by atoms with Gasteiger partial charge in [0.25, 0.3) is 0 Å². The van der Waals surface area contributed by atoms with Crippen LogP contribution in [0.3, 0.4) is 0 Å². The molecule has 24 heavy (non-hydrogen) atoms. The van der Waals surface area contributed by atoms with Crippen LogP contribution in [0, 0.1) is 0 Å². The Balaban J connectivity index is 2.70. The zero-order valence-corrected chi connectivity index (χ0v) is 19.0. The van der Waals surface area contributed by atoms with Crippen molar-refractivity contribution in [1.82, 2.24) is 0 Å². The van der Waals surface area contributed by atoms with Gasteiger partial charge >= 0.3 is 154 Å². The maximum atomic E-state index is 9.48. The minimum absolute atomic E-state index is 0.107. The van der Waals surface area contributed by atoms with Crippen LogP contribution in [-0.2, 0) is 18.0 Å². The van der Waals surface area contributed by atoms with Gasteiger partial charge in [-0.1, -0.05) is 0 Å². The second kappa shape index (κ2) is 13.2. The van der Waals surface area contributed by atoms with Crippen LogP contribution in [0.2, 0.25) is 13.3 Å². The number of ether oxygens (including phenoxy) is 1. The Morgan fingerprint density at radius 2 is 1.33 bits per heavy atom. The first-order valence-corrected chi connectivity index (χ1v) is 18.0. The van der Waals surface area contributed by atoms with Crippen molar-refractivity contribution in [2.75, 3.05) is 4.62 Å². The molecule has 0 bridgehead atoms. The van der Waals surface area contributed by atoms with Crippen molar-refractivity contribution in [2.24, 2.45) is 0 Å². The molecule has 0 fully saturated rings. The molecule has 1 aromatic carbocycles. The Hall–Kier alpha value is -0.0613. The van der Waals surface area contributed by atoms with E-state index in [0.29, 0.717) is 6.61 Å². The quantitative estimate of drug-likeness (QED) is 0.355. The van der Waals surface area contributed by atoms with E-state index < -0.39 is 18.4 Å². The van der Waals surface area contributed by atoms with Gasteiger partial charge in [0, 0.05) is 0 Å². The third-order valence-electron chi connectivity index (χ3n) is 5.14. The fraction of sp³-hybridized carbons (Fsp3) is 0.714. The summed E-state index contributed by atoms with van der Waals surface area (Å²) in [6, 6.07) is 8.12. The van der Waals surface area contributed by atoms with Gasteiger partial charge in [0.1, 0.15) is 0 Å². The van der Waals surface area contributed by atoms with Gasteiger partial charge < -0.3 is 0 Å².